The zero-order valence-corrected chi connectivity index (χ0v) is 17.7. The second-order valence-corrected chi connectivity index (χ2v) is 8.62. The number of halogens is 1. The molecule has 7 heteroatoms. The number of piperazine rings is 1. The van der Waals surface area contributed by atoms with Gasteiger partial charge in [0.25, 0.3) is 0 Å². The Balaban J connectivity index is 1.48. The van der Waals surface area contributed by atoms with E-state index in [1.165, 1.54) is 6.42 Å². The van der Waals surface area contributed by atoms with Gasteiger partial charge in [-0.2, -0.15) is 0 Å². The highest BCUT2D eigenvalue weighted by Gasteiger charge is 2.39. The van der Waals surface area contributed by atoms with Crippen molar-refractivity contribution >= 4 is 17.5 Å². The third-order valence-electron chi connectivity index (χ3n) is 6.34. The zero-order valence-electron chi connectivity index (χ0n) is 16.9. The van der Waals surface area contributed by atoms with Crippen molar-refractivity contribution in [3.8, 4) is 22.5 Å². The van der Waals surface area contributed by atoms with Crippen LogP contribution in [0, 0.1) is 0 Å². The van der Waals surface area contributed by atoms with Gasteiger partial charge in [0, 0.05) is 53.7 Å². The van der Waals surface area contributed by atoms with Gasteiger partial charge in [0.1, 0.15) is 6.54 Å². The third kappa shape index (κ3) is 3.50. The standard InChI is InChI=1S/C23H24ClN5O/c1-27-12-20-7-6-19(27)13-29(20)21(30)14-28-15-26-22(16-2-4-18(24)5-3-16)23(28)17-8-10-25-11-9-17/h2-5,8-11,15,19-20H,6-7,12-14H2,1H3/t19-,20-/m1/s1. The first kappa shape index (κ1) is 19.3. The Labute approximate surface area is 181 Å². The predicted molar refractivity (Wildman–Crippen MR) is 117 cm³/mol. The summed E-state index contributed by atoms with van der Waals surface area (Å²) in [4.78, 5) is 26.5. The van der Waals surface area contributed by atoms with Crippen molar-refractivity contribution < 1.29 is 4.79 Å². The average molecular weight is 422 g/mol. The number of hydrogen-bond acceptors (Lipinski definition) is 4. The fourth-order valence-electron chi connectivity index (χ4n) is 4.71. The van der Waals surface area contributed by atoms with Crippen molar-refractivity contribution in [1.82, 2.24) is 24.3 Å². The van der Waals surface area contributed by atoms with E-state index in [0.29, 0.717) is 17.1 Å². The maximum atomic E-state index is 13.3. The highest BCUT2D eigenvalue weighted by Crippen LogP contribution is 2.33. The lowest BCUT2D eigenvalue weighted by Gasteiger charge is -2.50. The van der Waals surface area contributed by atoms with Gasteiger partial charge in [-0.25, -0.2) is 4.98 Å². The van der Waals surface area contributed by atoms with Gasteiger partial charge in [0.2, 0.25) is 5.91 Å². The number of aromatic nitrogens is 3. The molecule has 3 aliphatic rings. The maximum Gasteiger partial charge on any atom is 0.242 e. The molecule has 5 heterocycles. The largest absolute Gasteiger partial charge is 0.335 e. The number of carbonyl (C=O) groups is 1. The Bertz CT molecular complexity index is 1050. The van der Waals surface area contributed by atoms with Crippen molar-refractivity contribution in [3.63, 3.8) is 0 Å². The van der Waals surface area contributed by atoms with Crippen molar-refractivity contribution in [2.45, 2.75) is 31.5 Å². The molecule has 3 saturated heterocycles. The fourth-order valence-corrected chi connectivity index (χ4v) is 4.84. The molecule has 2 bridgehead atoms. The molecule has 2 atom stereocenters. The van der Waals surface area contributed by atoms with E-state index in [1.54, 1.807) is 18.7 Å². The maximum absolute atomic E-state index is 13.3. The number of nitrogens with zero attached hydrogens (tertiary/aromatic N) is 5. The van der Waals surface area contributed by atoms with E-state index in [9.17, 15) is 4.79 Å². The van der Waals surface area contributed by atoms with E-state index in [2.05, 4.69) is 26.8 Å². The summed E-state index contributed by atoms with van der Waals surface area (Å²) in [6.45, 7) is 2.07. The number of benzene rings is 1. The summed E-state index contributed by atoms with van der Waals surface area (Å²) in [6, 6.07) is 12.3. The van der Waals surface area contributed by atoms with Gasteiger partial charge in [-0.3, -0.25) is 14.7 Å². The van der Waals surface area contributed by atoms with Crippen LogP contribution in [-0.4, -0.2) is 62.5 Å². The van der Waals surface area contributed by atoms with Crippen LogP contribution in [0.4, 0.5) is 0 Å². The molecule has 0 N–H and O–H groups in total. The highest BCUT2D eigenvalue weighted by molar-refractivity contribution is 6.30. The van der Waals surface area contributed by atoms with Crippen molar-refractivity contribution in [1.29, 1.82) is 0 Å². The number of imidazole rings is 1. The lowest BCUT2D eigenvalue weighted by molar-refractivity contribution is -0.141. The molecule has 0 unspecified atom stereocenters. The summed E-state index contributed by atoms with van der Waals surface area (Å²) < 4.78 is 1.97. The summed E-state index contributed by atoms with van der Waals surface area (Å²) in [5.41, 5.74) is 3.72. The van der Waals surface area contributed by atoms with Crippen LogP contribution in [0.15, 0.2) is 55.1 Å². The molecule has 0 aliphatic carbocycles. The fraction of sp³-hybridized carbons (Fsp3) is 0.348. The first-order valence-electron chi connectivity index (χ1n) is 10.3. The number of pyridine rings is 1. The minimum absolute atomic E-state index is 0.160. The lowest BCUT2D eigenvalue weighted by atomic mass is 9.91. The van der Waals surface area contributed by atoms with E-state index < -0.39 is 0 Å². The van der Waals surface area contributed by atoms with Gasteiger partial charge >= 0.3 is 0 Å². The van der Waals surface area contributed by atoms with Gasteiger partial charge in [0.05, 0.1) is 17.7 Å². The normalized spacial score (nSPS) is 21.2. The zero-order chi connectivity index (χ0) is 20.7. The average Bonchev–Trinajstić information content (AvgIpc) is 3.18. The number of carbonyl (C=O) groups excluding carboxylic acids is 1. The highest BCUT2D eigenvalue weighted by atomic mass is 35.5. The van der Waals surface area contributed by atoms with Gasteiger partial charge < -0.3 is 9.47 Å². The quantitative estimate of drug-likeness (QED) is 0.646. The second-order valence-electron chi connectivity index (χ2n) is 8.18. The number of hydrogen-bond donors (Lipinski definition) is 0. The number of likely N-dealkylation sites (N-methyl/N-ethyl adjacent to an activating group) is 1. The number of piperidine rings is 2. The Kier molecular flexibility index (Phi) is 5.05. The van der Waals surface area contributed by atoms with Gasteiger partial charge in [-0.05, 0) is 44.2 Å². The molecular formula is C23H24ClN5O. The summed E-state index contributed by atoms with van der Waals surface area (Å²) in [5.74, 6) is 0.160. The Hall–Kier alpha value is -2.70. The van der Waals surface area contributed by atoms with Crippen LogP contribution in [0.3, 0.4) is 0 Å². The molecule has 3 aromatic rings. The molecule has 30 heavy (non-hydrogen) atoms. The van der Waals surface area contributed by atoms with Crippen LogP contribution < -0.4 is 0 Å². The predicted octanol–water partition coefficient (Wildman–Crippen LogP) is 3.57. The van der Waals surface area contributed by atoms with Crippen LogP contribution >= 0.6 is 11.6 Å². The Morgan fingerprint density at radius 3 is 2.43 bits per heavy atom. The van der Waals surface area contributed by atoms with Crippen molar-refractivity contribution in [3.05, 3.63) is 60.1 Å². The number of rotatable bonds is 4. The lowest BCUT2D eigenvalue weighted by Crippen LogP contribution is -2.63. The second kappa shape index (κ2) is 7.85. The van der Waals surface area contributed by atoms with Crippen LogP contribution in [0.25, 0.3) is 22.5 Å². The van der Waals surface area contributed by atoms with Gasteiger partial charge in [0.15, 0.2) is 0 Å². The topological polar surface area (TPSA) is 54.3 Å². The van der Waals surface area contributed by atoms with Crippen LogP contribution in [0.1, 0.15) is 12.8 Å². The molecular weight excluding hydrogens is 398 g/mol. The van der Waals surface area contributed by atoms with Crippen LogP contribution in [-0.2, 0) is 11.3 Å². The van der Waals surface area contributed by atoms with E-state index >= 15 is 0 Å². The molecule has 1 amide bonds. The first-order valence-corrected chi connectivity index (χ1v) is 10.7. The minimum atomic E-state index is 0.160. The molecule has 3 fully saturated rings. The number of amides is 1. The summed E-state index contributed by atoms with van der Waals surface area (Å²) in [6.07, 6.45) is 7.57. The first-order chi connectivity index (χ1) is 14.6. The van der Waals surface area contributed by atoms with Crippen molar-refractivity contribution in [2.24, 2.45) is 0 Å². The van der Waals surface area contributed by atoms with E-state index in [0.717, 1.165) is 42.0 Å². The number of fused-ring (bicyclic) bond motifs is 3. The van der Waals surface area contributed by atoms with Crippen LogP contribution in [0.2, 0.25) is 5.02 Å². The Morgan fingerprint density at radius 1 is 1.03 bits per heavy atom. The molecule has 6 rings (SSSR count). The van der Waals surface area contributed by atoms with Gasteiger partial charge in [-0.1, -0.05) is 23.7 Å². The van der Waals surface area contributed by atoms with Crippen LogP contribution in [0.5, 0.6) is 0 Å². The summed E-state index contributed by atoms with van der Waals surface area (Å²) in [7, 11) is 2.16. The summed E-state index contributed by atoms with van der Waals surface area (Å²) in [5, 5.41) is 0.684. The molecule has 1 aromatic carbocycles. The molecule has 3 aliphatic heterocycles. The molecule has 0 radical (unpaired) electrons. The SMILES string of the molecule is CN1C[C@H]2CC[C@@H]1CN2C(=O)Cn1cnc(-c2ccc(Cl)cc2)c1-c1ccncc1. The molecule has 2 aromatic heterocycles. The molecule has 6 nitrogen and oxygen atoms in total. The van der Waals surface area contributed by atoms with E-state index in [4.69, 9.17) is 11.6 Å². The third-order valence-corrected chi connectivity index (χ3v) is 6.59. The Morgan fingerprint density at radius 2 is 1.77 bits per heavy atom. The molecule has 154 valence electrons. The van der Waals surface area contributed by atoms with Crippen molar-refractivity contribution in [2.75, 3.05) is 20.1 Å². The smallest absolute Gasteiger partial charge is 0.242 e. The summed E-state index contributed by atoms with van der Waals surface area (Å²) >= 11 is 6.07. The minimum Gasteiger partial charge on any atom is -0.335 e. The molecule has 0 spiro atoms. The van der Waals surface area contributed by atoms with Gasteiger partial charge in [-0.15, -0.1) is 0 Å². The van der Waals surface area contributed by atoms with E-state index in [-0.39, 0.29) is 12.5 Å². The molecule has 0 saturated carbocycles. The van der Waals surface area contributed by atoms with E-state index in [1.807, 2.05) is 41.0 Å². The monoisotopic (exact) mass is 421 g/mol.